The molecule has 0 rings (SSSR count). The van der Waals surface area contributed by atoms with Crippen LogP contribution in [0.1, 0.15) is 0 Å². The molecule has 4 heavy (non-hydrogen) atoms. The SMILES string of the molecule is OO[C]=S. The molecular weight excluding hydrogens is 76.1 g/mol. The molecule has 0 spiro atoms. The second-order valence-corrected chi connectivity index (χ2v) is 0.341. The van der Waals surface area contributed by atoms with Crippen LogP contribution in [-0.2, 0) is 4.89 Å². The van der Waals surface area contributed by atoms with Crippen molar-refractivity contribution in [2.75, 3.05) is 0 Å². The van der Waals surface area contributed by atoms with E-state index >= 15 is 0 Å². The number of hydrogen-bond donors (Lipinski definition) is 1. The van der Waals surface area contributed by atoms with E-state index in [1.54, 1.807) is 5.55 Å². The van der Waals surface area contributed by atoms with Crippen molar-refractivity contribution in [1.82, 2.24) is 0 Å². The summed E-state index contributed by atoms with van der Waals surface area (Å²) in [7, 11) is 0. The summed E-state index contributed by atoms with van der Waals surface area (Å²) >= 11 is 3.83. The monoisotopic (exact) mass is 77.0 g/mol. The van der Waals surface area contributed by atoms with Crippen LogP contribution in [0.3, 0.4) is 0 Å². The fourth-order valence-corrected chi connectivity index (χ4v) is 0. The van der Waals surface area contributed by atoms with E-state index in [4.69, 9.17) is 5.26 Å². The van der Waals surface area contributed by atoms with Gasteiger partial charge < -0.3 is 4.89 Å². The molecule has 0 atom stereocenters. The van der Waals surface area contributed by atoms with E-state index in [0.29, 0.717) is 0 Å². The molecule has 1 N–H and O–H groups in total. The highest BCUT2D eigenvalue weighted by molar-refractivity contribution is 7.78. The molecule has 0 aliphatic heterocycles. The van der Waals surface area contributed by atoms with Crippen molar-refractivity contribution >= 4 is 17.8 Å². The molecule has 0 aromatic carbocycles. The third kappa shape index (κ3) is 1.85. The molecular formula is CHO2S. The summed E-state index contributed by atoms with van der Waals surface area (Å²) in [4.78, 5) is 3.11. The third-order valence-corrected chi connectivity index (χ3v) is 0.112. The van der Waals surface area contributed by atoms with Gasteiger partial charge >= 0.3 is 0 Å². The minimum atomic E-state index is 1.57. The lowest BCUT2D eigenvalue weighted by atomic mass is 11.7. The zero-order valence-electron chi connectivity index (χ0n) is 1.76. The van der Waals surface area contributed by atoms with Crippen molar-refractivity contribution in [1.29, 1.82) is 0 Å². The first-order valence-electron chi connectivity index (χ1n) is 0.591. The van der Waals surface area contributed by atoms with Crippen LogP contribution in [0.4, 0.5) is 0 Å². The first-order valence-corrected chi connectivity index (χ1v) is 0.999. The van der Waals surface area contributed by atoms with Crippen LogP contribution >= 0.6 is 12.2 Å². The Balaban J connectivity index is 2.30. The highest BCUT2D eigenvalue weighted by atomic mass is 32.1. The van der Waals surface area contributed by atoms with Crippen LogP contribution in [0.5, 0.6) is 0 Å². The van der Waals surface area contributed by atoms with Crippen LogP contribution in [0.15, 0.2) is 0 Å². The van der Waals surface area contributed by atoms with Gasteiger partial charge in [-0.15, -0.1) is 0 Å². The highest BCUT2D eigenvalue weighted by Gasteiger charge is 1.46. The Hall–Kier alpha value is -0.150. The van der Waals surface area contributed by atoms with Crippen molar-refractivity contribution in [3.05, 3.63) is 0 Å². The van der Waals surface area contributed by atoms with Crippen LogP contribution in [0.2, 0.25) is 0 Å². The molecule has 0 amide bonds. The Labute approximate surface area is 28.9 Å². The van der Waals surface area contributed by atoms with Gasteiger partial charge in [0.2, 0.25) is 0 Å². The Morgan fingerprint density at radius 3 is 2.25 bits per heavy atom. The minimum absolute atomic E-state index is 1.57. The Kier molecular flexibility index (Phi) is 2.74. The lowest BCUT2D eigenvalue weighted by Gasteiger charge is -1.64. The second-order valence-electron chi connectivity index (χ2n) is 0.175. The van der Waals surface area contributed by atoms with Gasteiger partial charge in [0.15, 0.2) is 0 Å². The van der Waals surface area contributed by atoms with Gasteiger partial charge in [-0.1, -0.05) is 0 Å². The van der Waals surface area contributed by atoms with E-state index in [9.17, 15) is 0 Å². The standard InChI is InChI=1S/CHO2S/c2-3-1-4/h2H. The molecule has 0 fully saturated rings. The molecule has 0 aromatic heterocycles. The van der Waals surface area contributed by atoms with Gasteiger partial charge in [0.05, 0.1) is 0 Å². The molecule has 0 bridgehead atoms. The van der Waals surface area contributed by atoms with Crippen molar-refractivity contribution in [3.8, 4) is 0 Å². The normalized spacial score (nSPS) is 5.25. The summed E-state index contributed by atoms with van der Waals surface area (Å²) in [5.41, 5.74) is 1.57. The van der Waals surface area contributed by atoms with E-state index < -0.39 is 0 Å². The largest absolute Gasteiger partial charge is 0.323 e. The zero-order chi connectivity index (χ0) is 3.41. The summed E-state index contributed by atoms with van der Waals surface area (Å²) in [5.74, 6) is 0. The van der Waals surface area contributed by atoms with Crippen LogP contribution in [0, 0.1) is 0 Å². The van der Waals surface area contributed by atoms with Gasteiger partial charge in [0.25, 0.3) is 5.55 Å². The quantitative estimate of drug-likeness (QED) is 0.277. The fourth-order valence-electron chi connectivity index (χ4n) is 0. The third-order valence-electron chi connectivity index (χ3n) is 0.0373. The van der Waals surface area contributed by atoms with E-state index in [0.717, 1.165) is 0 Å². The number of thiocarbonyl (C=S) groups is 1. The minimum Gasteiger partial charge on any atom is -0.323 e. The van der Waals surface area contributed by atoms with Gasteiger partial charge in [0.1, 0.15) is 0 Å². The van der Waals surface area contributed by atoms with Gasteiger partial charge in [-0.05, 0) is 12.2 Å². The maximum Gasteiger partial charge on any atom is 0.286 e. The highest BCUT2D eigenvalue weighted by Crippen LogP contribution is 1.44. The van der Waals surface area contributed by atoms with E-state index in [1.807, 2.05) is 0 Å². The Morgan fingerprint density at radius 2 is 2.25 bits per heavy atom. The number of rotatable bonds is 1. The molecule has 0 unspecified atom stereocenters. The molecule has 0 heterocycles. The average Bonchev–Trinajstić information content (AvgIpc) is 1.37. The van der Waals surface area contributed by atoms with Crippen molar-refractivity contribution in [2.45, 2.75) is 0 Å². The van der Waals surface area contributed by atoms with Crippen LogP contribution in [-0.4, -0.2) is 10.8 Å². The lowest BCUT2D eigenvalue weighted by molar-refractivity contribution is -0.144. The first kappa shape index (κ1) is 3.85. The lowest BCUT2D eigenvalue weighted by Crippen LogP contribution is -1.66. The van der Waals surface area contributed by atoms with Crippen LogP contribution < -0.4 is 0 Å². The van der Waals surface area contributed by atoms with Crippen molar-refractivity contribution < 1.29 is 10.1 Å². The average molecular weight is 77.1 g/mol. The molecule has 1 radical (unpaired) electrons. The van der Waals surface area contributed by atoms with E-state index in [-0.39, 0.29) is 0 Å². The number of hydrogen-bond acceptors (Lipinski definition) is 3. The summed E-state index contributed by atoms with van der Waals surface area (Å²) in [6, 6.07) is 0. The van der Waals surface area contributed by atoms with Crippen molar-refractivity contribution in [2.24, 2.45) is 0 Å². The summed E-state index contributed by atoms with van der Waals surface area (Å²) in [6.45, 7) is 0. The molecule has 0 aliphatic rings. The van der Waals surface area contributed by atoms with Gasteiger partial charge in [-0.3, -0.25) is 0 Å². The predicted octanol–water partition coefficient (Wildman–Crippen LogP) is 0.310. The summed E-state index contributed by atoms with van der Waals surface area (Å²) < 4.78 is 0. The Bertz CT molecular complexity index is 20.0. The van der Waals surface area contributed by atoms with E-state index in [1.165, 1.54) is 0 Å². The zero-order valence-corrected chi connectivity index (χ0v) is 2.58. The molecule has 0 aromatic rings. The van der Waals surface area contributed by atoms with Gasteiger partial charge in [-0.2, -0.15) is 0 Å². The molecule has 3 heteroatoms. The molecule has 0 saturated heterocycles. The molecule has 0 aliphatic carbocycles. The smallest absolute Gasteiger partial charge is 0.286 e. The second kappa shape index (κ2) is 2.85. The Morgan fingerprint density at radius 1 is 2.00 bits per heavy atom. The first-order chi connectivity index (χ1) is 1.91. The summed E-state index contributed by atoms with van der Waals surface area (Å²) in [5, 5.41) is 7.16. The van der Waals surface area contributed by atoms with Crippen molar-refractivity contribution in [3.63, 3.8) is 0 Å². The van der Waals surface area contributed by atoms with E-state index in [2.05, 4.69) is 17.1 Å². The van der Waals surface area contributed by atoms with Gasteiger partial charge in [0, 0.05) is 0 Å². The van der Waals surface area contributed by atoms with Gasteiger partial charge in [-0.25, -0.2) is 5.26 Å². The maximum absolute atomic E-state index is 7.16. The molecule has 2 nitrogen and oxygen atoms in total. The predicted molar refractivity (Wildman–Crippen MR) is 16.3 cm³/mol. The molecule has 0 saturated carbocycles. The fraction of sp³-hybridized carbons (Fsp3) is 0. The maximum atomic E-state index is 7.16. The summed E-state index contributed by atoms with van der Waals surface area (Å²) in [6.07, 6.45) is 0. The topological polar surface area (TPSA) is 29.5 Å². The van der Waals surface area contributed by atoms with Crippen LogP contribution in [0.25, 0.3) is 0 Å². The molecule has 23 valence electrons.